The molecule has 0 unspecified atom stereocenters. The maximum Gasteiger partial charge on any atom is 0.255 e. The van der Waals surface area contributed by atoms with Gasteiger partial charge in [-0.3, -0.25) is 4.79 Å². The Bertz CT molecular complexity index is 662. The molecule has 0 aliphatic rings. The molecule has 0 N–H and O–H groups in total. The van der Waals surface area contributed by atoms with Gasteiger partial charge in [-0.15, -0.1) is 0 Å². The molecule has 0 aliphatic carbocycles. The largest absolute Gasteiger partial charge is 0.335 e. The molecule has 0 spiro atoms. The molecule has 2 nitrogen and oxygen atoms in total. The van der Waals surface area contributed by atoms with E-state index in [1.807, 2.05) is 6.92 Å². The van der Waals surface area contributed by atoms with Crippen molar-refractivity contribution in [1.82, 2.24) is 4.90 Å². The van der Waals surface area contributed by atoms with Gasteiger partial charge in [-0.05, 0) is 42.8 Å². The maximum absolute atomic E-state index is 13.2. The van der Waals surface area contributed by atoms with E-state index >= 15 is 0 Å². The van der Waals surface area contributed by atoms with Crippen molar-refractivity contribution in [3.05, 3.63) is 68.9 Å². The van der Waals surface area contributed by atoms with E-state index in [1.54, 1.807) is 35.2 Å². The Balaban J connectivity index is 2.24. The highest BCUT2D eigenvalue weighted by molar-refractivity contribution is 9.10. The van der Waals surface area contributed by atoms with Crippen LogP contribution in [0.4, 0.5) is 4.39 Å². The standard InChI is InChI=1S/C16H14BrClFNO/c1-2-20(10-11-4-3-5-13(19)8-11)16(21)14-9-12(17)6-7-15(14)18/h3-9H,2,10H2,1H3. The van der Waals surface area contributed by atoms with Gasteiger partial charge in [-0.25, -0.2) is 4.39 Å². The fourth-order valence-electron chi connectivity index (χ4n) is 2.01. The number of carbonyl (C=O) groups excluding carboxylic acids is 1. The Labute approximate surface area is 136 Å². The lowest BCUT2D eigenvalue weighted by Crippen LogP contribution is -2.30. The Morgan fingerprint density at radius 1 is 1.29 bits per heavy atom. The number of halogens is 3. The molecule has 0 atom stereocenters. The number of hydrogen-bond acceptors (Lipinski definition) is 1. The van der Waals surface area contributed by atoms with Crippen molar-refractivity contribution < 1.29 is 9.18 Å². The minimum atomic E-state index is -0.309. The lowest BCUT2D eigenvalue weighted by molar-refractivity contribution is 0.0752. The second kappa shape index (κ2) is 7.05. The van der Waals surface area contributed by atoms with Crippen molar-refractivity contribution in [1.29, 1.82) is 0 Å². The third-order valence-corrected chi connectivity index (χ3v) is 3.91. The van der Waals surface area contributed by atoms with Crippen molar-refractivity contribution >= 4 is 33.4 Å². The van der Waals surface area contributed by atoms with Crippen LogP contribution in [0.1, 0.15) is 22.8 Å². The van der Waals surface area contributed by atoms with Gasteiger partial charge in [-0.2, -0.15) is 0 Å². The molecule has 0 bridgehead atoms. The van der Waals surface area contributed by atoms with Crippen LogP contribution >= 0.6 is 27.5 Å². The molecule has 0 saturated carbocycles. The summed E-state index contributed by atoms with van der Waals surface area (Å²) in [5.74, 6) is -0.482. The Morgan fingerprint density at radius 2 is 2.05 bits per heavy atom. The number of hydrogen-bond donors (Lipinski definition) is 0. The zero-order valence-electron chi connectivity index (χ0n) is 11.4. The summed E-state index contributed by atoms with van der Waals surface area (Å²) in [5.41, 5.74) is 1.18. The smallest absolute Gasteiger partial charge is 0.255 e. The Hall–Kier alpha value is -1.39. The average molecular weight is 371 g/mol. The summed E-state index contributed by atoms with van der Waals surface area (Å²) in [6.07, 6.45) is 0. The first-order valence-electron chi connectivity index (χ1n) is 6.50. The van der Waals surface area contributed by atoms with E-state index in [0.717, 1.165) is 10.0 Å². The zero-order chi connectivity index (χ0) is 15.4. The third kappa shape index (κ3) is 4.05. The predicted octanol–water partition coefficient (Wildman–Crippen LogP) is 4.90. The molecule has 0 aliphatic heterocycles. The van der Waals surface area contributed by atoms with Gasteiger partial charge in [0.05, 0.1) is 10.6 Å². The van der Waals surface area contributed by atoms with E-state index in [9.17, 15) is 9.18 Å². The van der Waals surface area contributed by atoms with Gasteiger partial charge < -0.3 is 4.90 Å². The monoisotopic (exact) mass is 369 g/mol. The molecule has 2 rings (SSSR count). The second-order valence-electron chi connectivity index (χ2n) is 4.57. The van der Waals surface area contributed by atoms with Crippen LogP contribution in [0.2, 0.25) is 5.02 Å². The van der Waals surface area contributed by atoms with Crippen LogP contribution in [0.15, 0.2) is 46.9 Å². The van der Waals surface area contributed by atoms with Crippen LogP contribution in [-0.4, -0.2) is 17.4 Å². The fraction of sp³-hybridized carbons (Fsp3) is 0.188. The summed E-state index contributed by atoms with van der Waals surface area (Å²) in [6, 6.07) is 11.4. The Morgan fingerprint density at radius 3 is 2.71 bits per heavy atom. The van der Waals surface area contributed by atoms with Gasteiger partial charge >= 0.3 is 0 Å². The average Bonchev–Trinajstić information content (AvgIpc) is 2.46. The minimum Gasteiger partial charge on any atom is -0.335 e. The SMILES string of the molecule is CCN(Cc1cccc(F)c1)C(=O)c1cc(Br)ccc1Cl. The van der Waals surface area contributed by atoms with E-state index in [4.69, 9.17) is 11.6 Å². The third-order valence-electron chi connectivity index (χ3n) is 3.09. The molecule has 0 fully saturated rings. The van der Waals surface area contributed by atoms with Gasteiger partial charge in [0.25, 0.3) is 5.91 Å². The van der Waals surface area contributed by atoms with Gasteiger partial charge in [0.1, 0.15) is 5.82 Å². The van der Waals surface area contributed by atoms with Gasteiger partial charge in [0.2, 0.25) is 0 Å². The number of amides is 1. The van der Waals surface area contributed by atoms with Crippen LogP contribution in [0.25, 0.3) is 0 Å². The van der Waals surface area contributed by atoms with Crippen molar-refractivity contribution in [2.24, 2.45) is 0 Å². The van der Waals surface area contributed by atoms with E-state index in [1.165, 1.54) is 12.1 Å². The highest BCUT2D eigenvalue weighted by Gasteiger charge is 2.18. The molecule has 0 heterocycles. The lowest BCUT2D eigenvalue weighted by atomic mass is 10.1. The van der Waals surface area contributed by atoms with Crippen LogP contribution in [0.5, 0.6) is 0 Å². The molecule has 0 radical (unpaired) electrons. The number of benzene rings is 2. The first-order valence-corrected chi connectivity index (χ1v) is 7.67. The predicted molar refractivity (Wildman–Crippen MR) is 86.0 cm³/mol. The normalized spacial score (nSPS) is 10.5. The van der Waals surface area contributed by atoms with Crippen LogP contribution in [0.3, 0.4) is 0 Å². The van der Waals surface area contributed by atoms with Crippen molar-refractivity contribution in [2.45, 2.75) is 13.5 Å². The second-order valence-corrected chi connectivity index (χ2v) is 5.90. The number of carbonyl (C=O) groups is 1. The topological polar surface area (TPSA) is 20.3 Å². The summed E-state index contributed by atoms with van der Waals surface area (Å²) in [7, 11) is 0. The molecule has 110 valence electrons. The van der Waals surface area contributed by atoms with E-state index in [-0.39, 0.29) is 11.7 Å². The van der Waals surface area contributed by atoms with Crippen LogP contribution in [-0.2, 0) is 6.54 Å². The fourth-order valence-corrected chi connectivity index (χ4v) is 2.57. The van der Waals surface area contributed by atoms with Crippen molar-refractivity contribution in [3.8, 4) is 0 Å². The first kappa shape index (κ1) is 16.0. The molecular weight excluding hydrogens is 357 g/mol. The van der Waals surface area contributed by atoms with E-state index in [2.05, 4.69) is 15.9 Å². The molecule has 5 heteroatoms. The molecule has 2 aromatic rings. The molecule has 0 aromatic heterocycles. The highest BCUT2D eigenvalue weighted by atomic mass is 79.9. The molecule has 0 saturated heterocycles. The molecule has 1 amide bonds. The summed E-state index contributed by atoms with van der Waals surface area (Å²) >= 11 is 9.43. The zero-order valence-corrected chi connectivity index (χ0v) is 13.8. The van der Waals surface area contributed by atoms with Crippen molar-refractivity contribution in [3.63, 3.8) is 0 Å². The Kier molecular flexibility index (Phi) is 5.37. The highest BCUT2D eigenvalue weighted by Crippen LogP contribution is 2.23. The maximum atomic E-state index is 13.2. The van der Waals surface area contributed by atoms with Crippen LogP contribution in [0, 0.1) is 5.82 Å². The van der Waals surface area contributed by atoms with Gasteiger partial charge in [0.15, 0.2) is 0 Å². The minimum absolute atomic E-state index is 0.173. The summed E-state index contributed by atoms with van der Waals surface area (Å²) in [4.78, 5) is 14.2. The quantitative estimate of drug-likeness (QED) is 0.749. The molecule has 2 aromatic carbocycles. The van der Waals surface area contributed by atoms with E-state index in [0.29, 0.717) is 23.7 Å². The summed E-state index contributed by atoms with van der Waals surface area (Å²) in [6.45, 7) is 2.73. The van der Waals surface area contributed by atoms with Crippen LogP contribution < -0.4 is 0 Å². The van der Waals surface area contributed by atoms with Gasteiger partial charge in [-0.1, -0.05) is 39.7 Å². The van der Waals surface area contributed by atoms with Crippen molar-refractivity contribution in [2.75, 3.05) is 6.54 Å². The molecular formula is C16H14BrClFNO. The number of rotatable bonds is 4. The number of nitrogens with zero attached hydrogens (tertiary/aromatic N) is 1. The summed E-state index contributed by atoms with van der Waals surface area (Å²) in [5, 5.41) is 0.404. The summed E-state index contributed by atoms with van der Waals surface area (Å²) < 4.78 is 14.0. The lowest BCUT2D eigenvalue weighted by Gasteiger charge is -2.21. The molecule has 21 heavy (non-hydrogen) atoms. The first-order chi connectivity index (χ1) is 10.0. The van der Waals surface area contributed by atoms with Gasteiger partial charge in [0, 0.05) is 17.6 Å². The van der Waals surface area contributed by atoms with E-state index < -0.39 is 0 Å².